The van der Waals surface area contributed by atoms with Crippen LogP contribution in [0.1, 0.15) is 13.8 Å². The number of hydrogen-bond acceptors (Lipinski definition) is 6. The third-order valence-electron chi connectivity index (χ3n) is 5.06. The lowest BCUT2D eigenvalue weighted by atomic mass is 10.0. The van der Waals surface area contributed by atoms with Crippen LogP contribution in [0.4, 0.5) is 10.1 Å². The van der Waals surface area contributed by atoms with Gasteiger partial charge >= 0.3 is 5.76 Å². The first-order valence-electron chi connectivity index (χ1n) is 10.4. The molecule has 0 aliphatic heterocycles. The third kappa shape index (κ3) is 5.67. The number of hydrogen-bond donors (Lipinski definition) is 2. The van der Waals surface area contributed by atoms with Crippen LogP contribution in [0.3, 0.4) is 0 Å². The molecule has 11 heteroatoms. The van der Waals surface area contributed by atoms with Crippen molar-refractivity contribution < 1.29 is 22.0 Å². The molecule has 9 nitrogen and oxygen atoms in total. The van der Waals surface area contributed by atoms with Gasteiger partial charge in [-0.2, -0.15) is 4.72 Å². The van der Waals surface area contributed by atoms with E-state index in [1.807, 2.05) is 19.0 Å². The van der Waals surface area contributed by atoms with Crippen molar-refractivity contribution >= 4 is 32.7 Å². The number of carbonyl (C=O) groups excluding carboxylic acids is 1. The van der Waals surface area contributed by atoms with Crippen LogP contribution in [0.2, 0.25) is 0 Å². The van der Waals surface area contributed by atoms with Gasteiger partial charge in [0.2, 0.25) is 15.9 Å². The van der Waals surface area contributed by atoms with Crippen LogP contribution in [0.25, 0.3) is 11.1 Å². The van der Waals surface area contributed by atoms with Crippen LogP contribution in [0.5, 0.6) is 0 Å². The van der Waals surface area contributed by atoms with Crippen LogP contribution in [-0.4, -0.2) is 50.5 Å². The molecule has 2 N–H and O–H groups in total. The van der Waals surface area contributed by atoms with E-state index in [0.29, 0.717) is 29.9 Å². The molecule has 1 heterocycles. The molecule has 33 heavy (non-hydrogen) atoms. The van der Waals surface area contributed by atoms with Crippen molar-refractivity contribution in [3.05, 3.63) is 58.8 Å². The average molecular weight is 479 g/mol. The van der Waals surface area contributed by atoms with Gasteiger partial charge in [-0.3, -0.25) is 9.36 Å². The molecule has 178 valence electrons. The Morgan fingerprint density at radius 2 is 1.88 bits per heavy atom. The highest BCUT2D eigenvalue weighted by molar-refractivity contribution is 7.89. The smallest absolute Gasteiger partial charge is 0.408 e. The van der Waals surface area contributed by atoms with E-state index in [1.54, 1.807) is 32.0 Å². The molecule has 3 aromatic rings. The third-order valence-corrected chi connectivity index (χ3v) is 6.54. The Balaban J connectivity index is 1.85. The number of sulfonamides is 1. The van der Waals surface area contributed by atoms with E-state index in [1.165, 1.54) is 16.7 Å². The zero-order valence-electron chi connectivity index (χ0n) is 18.8. The van der Waals surface area contributed by atoms with Crippen molar-refractivity contribution in [2.45, 2.75) is 31.3 Å². The molecule has 0 radical (unpaired) electrons. The molecule has 3 rings (SSSR count). The number of anilines is 1. The molecule has 2 aromatic carbocycles. The number of nitrogens with zero attached hydrogens (tertiary/aromatic N) is 2. The van der Waals surface area contributed by atoms with Crippen LogP contribution >= 0.6 is 0 Å². The summed E-state index contributed by atoms with van der Waals surface area (Å²) in [5.41, 5.74) is 1.24. The lowest BCUT2D eigenvalue weighted by Crippen LogP contribution is -2.47. The maximum atomic E-state index is 14.0. The van der Waals surface area contributed by atoms with Crippen LogP contribution in [0.15, 0.2) is 56.6 Å². The van der Waals surface area contributed by atoms with E-state index in [9.17, 15) is 22.4 Å². The van der Waals surface area contributed by atoms with Crippen LogP contribution < -0.4 is 15.8 Å². The van der Waals surface area contributed by atoms with Crippen molar-refractivity contribution in [2.24, 2.45) is 5.92 Å². The highest BCUT2D eigenvalue weighted by Crippen LogP contribution is 2.20. The van der Waals surface area contributed by atoms with E-state index < -0.39 is 44.4 Å². The molecule has 0 unspecified atom stereocenters. The van der Waals surface area contributed by atoms with Crippen LogP contribution in [-0.2, 0) is 21.4 Å². The van der Waals surface area contributed by atoms with Crippen molar-refractivity contribution in [1.82, 2.24) is 14.2 Å². The second kappa shape index (κ2) is 9.86. The van der Waals surface area contributed by atoms with Gasteiger partial charge in [0.05, 0.1) is 5.52 Å². The van der Waals surface area contributed by atoms with Crippen molar-refractivity contribution in [3.63, 3.8) is 0 Å². The summed E-state index contributed by atoms with van der Waals surface area (Å²) in [5, 5.41) is 2.68. The van der Waals surface area contributed by atoms with Gasteiger partial charge in [-0.25, -0.2) is 17.6 Å². The number of halogens is 1. The maximum absolute atomic E-state index is 14.0. The van der Waals surface area contributed by atoms with Crippen molar-refractivity contribution in [1.29, 1.82) is 0 Å². The van der Waals surface area contributed by atoms with E-state index in [4.69, 9.17) is 4.42 Å². The Morgan fingerprint density at radius 3 is 2.52 bits per heavy atom. The standard InChI is InChI=1S/C22H27FN4O5S/c1-14(2)20(25-33(30,31)19-8-6-5-7-16(19)23)21(28)24-15-9-10-18-17(13-15)27(22(29)32-18)12-11-26(3)4/h5-10,13-14,20,25H,11-12H2,1-4H3,(H,24,28)/t20-/m0/s1. The number of rotatable bonds is 9. The Kier molecular flexibility index (Phi) is 7.35. The normalized spacial score (nSPS) is 13.1. The molecule has 0 bridgehead atoms. The Morgan fingerprint density at radius 1 is 1.18 bits per heavy atom. The predicted octanol–water partition coefficient (Wildman–Crippen LogP) is 2.24. The van der Waals surface area contributed by atoms with Gasteiger partial charge in [-0.05, 0) is 50.3 Å². The summed E-state index contributed by atoms with van der Waals surface area (Å²) in [6.07, 6.45) is 0. The maximum Gasteiger partial charge on any atom is 0.419 e. The lowest BCUT2D eigenvalue weighted by molar-refractivity contribution is -0.118. The van der Waals surface area contributed by atoms with Gasteiger partial charge < -0.3 is 14.6 Å². The number of benzene rings is 2. The SMILES string of the molecule is CC(C)[C@H](NS(=O)(=O)c1ccccc1F)C(=O)Nc1ccc2oc(=O)n(CCN(C)C)c2c1. The predicted molar refractivity (Wildman–Crippen MR) is 123 cm³/mol. The number of carbonyl (C=O) groups is 1. The summed E-state index contributed by atoms with van der Waals surface area (Å²) in [5.74, 6) is -2.46. The largest absolute Gasteiger partial charge is 0.419 e. The van der Waals surface area contributed by atoms with Gasteiger partial charge in [0, 0.05) is 18.8 Å². The Hall–Kier alpha value is -3.02. The second-order valence-electron chi connectivity index (χ2n) is 8.27. The summed E-state index contributed by atoms with van der Waals surface area (Å²) < 4.78 is 48.4. The second-order valence-corrected chi connectivity index (χ2v) is 9.95. The van der Waals surface area contributed by atoms with Gasteiger partial charge in [0.1, 0.15) is 16.8 Å². The van der Waals surface area contributed by atoms with E-state index >= 15 is 0 Å². The Labute approximate surface area is 191 Å². The molecular weight excluding hydrogens is 451 g/mol. The number of oxazole rings is 1. The molecule has 0 saturated heterocycles. The summed E-state index contributed by atoms with van der Waals surface area (Å²) in [4.78, 5) is 26.5. The number of amides is 1. The fourth-order valence-corrected chi connectivity index (χ4v) is 4.68. The van der Waals surface area contributed by atoms with E-state index in [2.05, 4.69) is 10.0 Å². The zero-order valence-corrected chi connectivity index (χ0v) is 19.6. The summed E-state index contributed by atoms with van der Waals surface area (Å²) >= 11 is 0. The lowest BCUT2D eigenvalue weighted by Gasteiger charge is -2.22. The number of aromatic nitrogens is 1. The van der Waals surface area contributed by atoms with Crippen LogP contribution in [0, 0.1) is 11.7 Å². The molecular formula is C22H27FN4O5S. The molecule has 0 fully saturated rings. The molecule has 0 spiro atoms. The summed E-state index contributed by atoms with van der Waals surface area (Å²) in [6.45, 7) is 4.35. The molecule has 1 amide bonds. The quantitative estimate of drug-likeness (QED) is 0.488. The topological polar surface area (TPSA) is 114 Å². The summed E-state index contributed by atoms with van der Waals surface area (Å²) in [7, 11) is -0.512. The minimum Gasteiger partial charge on any atom is -0.408 e. The fourth-order valence-electron chi connectivity index (χ4n) is 3.26. The number of fused-ring (bicyclic) bond motifs is 1. The zero-order chi connectivity index (χ0) is 24.3. The molecule has 0 aliphatic rings. The monoisotopic (exact) mass is 478 g/mol. The van der Waals surface area contributed by atoms with Gasteiger partial charge in [0.25, 0.3) is 0 Å². The van der Waals surface area contributed by atoms with Crippen molar-refractivity contribution in [3.8, 4) is 0 Å². The summed E-state index contributed by atoms with van der Waals surface area (Å²) in [6, 6.07) is 8.50. The molecule has 1 aromatic heterocycles. The van der Waals surface area contributed by atoms with Gasteiger partial charge in [-0.1, -0.05) is 26.0 Å². The molecule has 0 saturated carbocycles. The Bertz CT molecular complexity index is 1310. The fraction of sp³-hybridized carbons (Fsp3) is 0.364. The number of likely N-dealkylation sites (N-methyl/N-ethyl adjacent to an activating group) is 1. The van der Waals surface area contributed by atoms with E-state index in [0.717, 1.165) is 12.1 Å². The van der Waals surface area contributed by atoms with E-state index in [-0.39, 0.29) is 0 Å². The first-order chi connectivity index (χ1) is 15.5. The van der Waals surface area contributed by atoms with Gasteiger partial charge in [0.15, 0.2) is 5.58 Å². The average Bonchev–Trinajstić information content (AvgIpc) is 3.04. The minimum atomic E-state index is -4.28. The van der Waals surface area contributed by atoms with Gasteiger partial charge in [-0.15, -0.1) is 0 Å². The molecule has 0 aliphatic carbocycles. The number of nitrogens with one attached hydrogen (secondary N) is 2. The molecule has 1 atom stereocenters. The highest BCUT2D eigenvalue weighted by Gasteiger charge is 2.30. The first kappa shape index (κ1) is 24.6. The first-order valence-corrected chi connectivity index (χ1v) is 11.8. The van der Waals surface area contributed by atoms with Crippen molar-refractivity contribution in [2.75, 3.05) is 26.0 Å². The highest BCUT2D eigenvalue weighted by atomic mass is 32.2. The minimum absolute atomic E-state index is 0.364.